The second-order valence-electron chi connectivity index (χ2n) is 3.78. The first-order chi connectivity index (χ1) is 8.08. The number of aromatic nitrogens is 2. The Morgan fingerprint density at radius 2 is 2.24 bits per heavy atom. The molecule has 0 amide bonds. The molecule has 5 heteroatoms. The van der Waals surface area contributed by atoms with Crippen molar-refractivity contribution in [1.29, 1.82) is 0 Å². The van der Waals surface area contributed by atoms with Gasteiger partial charge in [0.05, 0.1) is 17.2 Å². The van der Waals surface area contributed by atoms with Gasteiger partial charge in [-0.3, -0.25) is 4.68 Å². The van der Waals surface area contributed by atoms with Crippen LogP contribution in [0.2, 0.25) is 0 Å². The number of rotatable bonds is 3. The number of aliphatic hydroxyl groups excluding tert-OH is 1. The lowest BCUT2D eigenvalue weighted by molar-refractivity contribution is 0.191. The minimum atomic E-state index is -0.824. The van der Waals surface area contributed by atoms with Crippen LogP contribution in [0.4, 0.5) is 4.39 Å². The molecule has 0 aliphatic carbocycles. The van der Waals surface area contributed by atoms with Crippen LogP contribution in [0.1, 0.15) is 18.6 Å². The summed E-state index contributed by atoms with van der Waals surface area (Å²) in [6.45, 7) is 1.56. The van der Waals surface area contributed by atoms with Crippen molar-refractivity contribution >= 4 is 11.8 Å². The highest BCUT2D eigenvalue weighted by Gasteiger charge is 2.14. The number of hydrogen-bond donors (Lipinski definition) is 1. The van der Waals surface area contributed by atoms with Gasteiger partial charge in [0.25, 0.3) is 0 Å². The number of halogens is 1. The lowest BCUT2D eigenvalue weighted by Crippen LogP contribution is -1.98. The molecule has 0 aliphatic heterocycles. The third-order valence-electron chi connectivity index (χ3n) is 2.34. The van der Waals surface area contributed by atoms with E-state index in [4.69, 9.17) is 0 Å². The van der Waals surface area contributed by atoms with E-state index in [1.807, 2.05) is 13.2 Å². The Hall–Kier alpha value is -1.33. The molecule has 2 aromatic rings. The van der Waals surface area contributed by atoms with Crippen molar-refractivity contribution in [3.63, 3.8) is 0 Å². The van der Waals surface area contributed by atoms with Gasteiger partial charge < -0.3 is 5.11 Å². The Bertz CT molecular complexity index is 525. The highest BCUT2D eigenvalue weighted by molar-refractivity contribution is 7.99. The summed E-state index contributed by atoms with van der Waals surface area (Å²) in [7, 11) is 1.82. The maximum Gasteiger partial charge on any atom is 0.130 e. The zero-order valence-corrected chi connectivity index (χ0v) is 10.4. The first-order valence-corrected chi connectivity index (χ1v) is 6.02. The Morgan fingerprint density at radius 1 is 1.47 bits per heavy atom. The zero-order chi connectivity index (χ0) is 12.4. The molecule has 1 atom stereocenters. The SMILES string of the molecule is CC(O)c1c(F)cccc1Sc1cnn(C)c1. The van der Waals surface area contributed by atoms with E-state index in [1.54, 1.807) is 29.9 Å². The summed E-state index contributed by atoms with van der Waals surface area (Å²) in [5, 5.41) is 13.6. The minimum absolute atomic E-state index is 0.335. The number of aliphatic hydroxyl groups is 1. The minimum Gasteiger partial charge on any atom is -0.389 e. The van der Waals surface area contributed by atoms with Gasteiger partial charge in [-0.2, -0.15) is 5.10 Å². The molecule has 0 spiro atoms. The van der Waals surface area contributed by atoms with E-state index in [0.29, 0.717) is 10.5 Å². The molecule has 3 nitrogen and oxygen atoms in total. The van der Waals surface area contributed by atoms with Crippen LogP contribution in [0.15, 0.2) is 40.4 Å². The third-order valence-corrected chi connectivity index (χ3v) is 3.36. The monoisotopic (exact) mass is 252 g/mol. The molecule has 17 heavy (non-hydrogen) atoms. The average molecular weight is 252 g/mol. The topological polar surface area (TPSA) is 38.1 Å². The summed E-state index contributed by atoms with van der Waals surface area (Å²) in [6, 6.07) is 4.79. The fraction of sp³-hybridized carbons (Fsp3) is 0.250. The van der Waals surface area contributed by atoms with Gasteiger partial charge in [0.1, 0.15) is 5.82 Å². The molecule has 90 valence electrons. The standard InChI is InChI=1S/C12H13FN2OS/c1-8(16)12-10(13)4-3-5-11(12)17-9-6-14-15(2)7-9/h3-8,16H,1-2H3. The van der Waals surface area contributed by atoms with Crippen molar-refractivity contribution in [2.45, 2.75) is 22.8 Å². The van der Waals surface area contributed by atoms with Crippen LogP contribution < -0.4 is 0 Å². The van der Waals surface area contributed by atoms with Crippen LogP contribution in [-0.2, 0) is 7.05 Å². The van der Waals surface area contributed by atoms with Crippen LogP contribution in [-0.4, -0.2) is 14.9 Å². The van der Waals surface area contributed by atoms with E-state index in [2.05, 4.69) is 5.10 Å². The molecule has 0 radical (unpaired) electrons. The van der Waals surface area contributed by atoms with Gasteiger partial charge in [-0.05, 0) is 19.1 Å². The molecule has 2 rings (SSSR count). The maximum absolute atomic E-state index is 13.6. The van der Waals surface area contributed by atoms with Gasteiger partial charge in [-0.25, -0.2) is 4.39 Å². The molecule has 0 bridgehead atoms. The van der Waals surface area contributed by atoms with E-state index >= 15 is 0 Å². The van der Waals surface area contributed by atoms with Crippen molar-refractivity contribution in [3.8, 4) is 0 Å². The molecule has 0 aliphatic rings. The van der Waals surface area contributed by atoms with E-state index in [1.165, 1.54) is 17.8 Å². The van der Waals surface area contributed by atoms with Crippen LogP contribution in [0.25, 0.3) is 0 Å². The van der Waals surface area contributed by atoms with Gasteiger partial charge in [-0.1, -0.05) is 17.8 Å². The second-order valence-corrected chi connectivity index (χ2v) is 4.89. The molecule has 1 heterocycles. The van der Waals surface area contributed by atoms with Crippen molar-refractivity contribution < 1.29 is 9.50 Å². The predicted octanol–water partition coefficient (Wildman–Crippen LogP) is 2.76. The Morgan fingerprint density at radius 3 is 2.82 bits per heavy atom. The maximum atomic E-state index is 13.6. The summed E-state index contributed by atoms with van der Waals surface area (Å²) < 4.78 is 15.3. The molecule has 1 N–H and O–H groups in total. The van der Waals surface area contributed by atoms with Crippen LogP contribution in [0.3, 0.4) is 0 Å². The van der Waals surface area contributed by atoms with E-state index in [9.17, 15) is 9.50 Å². The fourth-order valence-electron chi connectivity index (χ4n) is 1.59. The first-order valence-electron chi connectivity index (χ1n) is 5.21. The third kappa shape index (κ3) is 2.68. The van der Waals surface area contributed by atoms with Gasteiger partial charge in [0, 0.05) is 23.7 Å². The Labute approximate surface area is 103 Å². The second kappa shape index (κ2) is 4.89. The predicted molar refractivity (Wildman–Crippen MR) is 64.4 cm³/mol. The molecule has 1 aromatic heterocycles. The molecule has 1 unspecified atom stereocenters. The zero-order valence-electron chi connectivity index (χ0n) is 9.59. The normalized spacial score (nSPS) is 12.7. The number of aryl methyl sites for hydroxylation is 1. The van der Waals surface area contributed by atoms with Crippen LogP contribution in [0, 0.1) is 5.82 Å². The summed E-state index contributed by atoms with van der Waals surface area (Å²) in [6.07, 6.45) is 2.73. The van der Waals surface area contributed by atoms with Gasteiger partial charge in [0.15, 0.2) is 0 Å². The summed E-state index contributed by atoms with van der Waals surface area (Å²) in [4.78, 5) is 1.63. The molecule has 0 saturated carbocycles. The molecule has 0 fully saturated rings. The number of benzene rings is 1. The summed E-state index contributed by atoms with van der Waals surface area (Å²) in [5.41, 5.74) is 0.335. The summed E-state index contributed by atoms with van der Waals surface area (Å²) in [5.74, 6) is -0.381. The lowest BCUT2D eigenvalue weighted by Gasteiger charge is -2.11. The van der Waals surface area contributed by atoms with Crippen molar-refractivity contribution in [1.82, 2.24) is 9.78 Å². The van der Waals surface area contributed by atoms with Crippen molar-refractivity contribution in [2.24, 2.45) is 7.05 Å². The number of nitrogens with zero attached hydrogens (tertiary/aromatic N) is 2. The van der Waals surface area contributed by atoms with E-state index in [-0.39, 0.29) is 5.82 Å². The highest BCUT2D eigenvalue weighted by Crippen LogP contribution is 2.34. The Balaban J connectivity index is 2.35. The van der Waals surface area contributed by atoms with E-state index in [0.717, 1.165) is 4.90 Å². The quantitative estimate of drug-likeness (QED) is 0.912. The molecular formula is C12H13FN2OS. The Kier molecular flexibility index (Phi) is 3.49. The average Bonchev–Trinajstić information content (AvgIpc) is 2.63. The first kappa shape index (κ1) is 12.1. The molecule has 0 saturated heterocycles. The van der Waals surface area contributed by atoms with Crippen molar-refractivity contribution in [3.05, 3.63) is 42.0 Å². The summed E-state index contributed by atoms with van der Waals surface area (Å²) >= 11 is 1.39. The van der Waals surface area contributed by atoms with Crippen LogP contribution in [0.5, 0.6) is 0 Å². The van der Waals surface area contributed by atoms with Gasteiger partial charge in [0.2, 0.25) is 0 Å². The van der Waals surface area contributed by atoms with Crippen molar-refractivity contribution in [2.75, 3.05) is 0 Å². The highest BCUT2D eigenvalue weighted by atomic mass is 32.2. The fourth-order valence-corrected chi connectivity index (χ4v) is 2.67. The molecular weight excluding hydrogens is 239 g/mol. The smallest absolute Gasteiger partial charge is 0.130 e. The van der Waals surface area contributed by atoms with Gasteiger partial charge >= 0.3 is 0 Å². The molecule has 1 aromatic carbocycles. The van der Waals surface area contributed by atoms with Gasteiger partial charge in [-0.15, -0.1) is 0 Å². The van der Waals surface area contributed by atoms with Crippen LogP contribution >= 0.6 is 11.8 Å². The lowest BCUT2D eigenvalue weighted by atomic mass is 10.1. The largest absolute Gasteiger partial charge is 0.389 e. The van der Waals surface area contributed by atoms with E-state index < -0.39 is 6.10 Å². The number of hydrogen-bond acceptors (Lipinski definition) is 3.